The SMILES string of the molecule is COc1cccc(C(C)N2CC(C(=O)O)CC2=O)c1. The second kappa shape index (κ2) is 5.30. The molecule has 1 N–H and O–H groups in total. The van der Waals surface area contributed by atoms with Crippen LogP contribution >= 0.6 is 0 Å². The third-order valence-corrected chi connectivity index (χ3v) is 3.55. The molecule has 1 heterocycles. The topological polar surface area (TPSA) is 66.8 Å². The monoisotopic (exact) mass is 263 g/mol. The lowest BCUT2D eigenvalue weighted by atomic mass is 10.1. The van der Waals surface area contributed by atoms with E-state index in [4.69, 9.17) is 9.84 Å². The van der Waals surface area contributed by atoms with E-state index < -0.39 is 11.9 Å². The van der Waals surface area contributed by atoms with Gasteiger partial charge in [0.2, 0.25) is 5.91 Å². The van der Waals surface area contributed by atoms with Gasteiger partial charge in [-0.25, -0.2) is 0 Å². The maximum atomic E-state index is 11.9. The molecule has 1 saturated heterocycles. The van der Waals surface area contributed by atoms with E-state index in [-0.39, 0.29) is 24.9 Å². The van der Waals surface area contributed by atoms with Crippen LogP contribution in [0.2, 0.25) is 0 Å². The van der Waals surface area contributed by atoms with Crippen LogP contribution in [0.4, 0.5) is 0 Å². The standard InChI is InChI=1S/C14H17NO4/c1-9(10-4-3-5-12(6-10)19-2)15-8-11(14(17)18)7-13(15)16/h3-6,9,11H,7-8H2,1-2H3,(H,17,18). The van der Waals surface area contributed by atoms with Gasteiger partial charge in [-0.15, -0.1) is 0 Å². The molecule has 5 heteroatoms. The smallest absolute Gasteiger partial charge is 0.308 e. The minimum absolute atomic E-state index is 0.0869. The van der Waals surface area contributed by atoms with Crippen LogP contribution in [0.15, 0.2) is 24.3 Å². The van der Waals surface area contributed by atoms with Crippen LogP contribution < -0.4 is 4.74 Å². The minimum Gasteiger partial charge on any atom is -0.497 e. The fourth-order valence-electron chi connectivity index (χ4n) is 2.35. The van der Waals surface area contributed by atoms with E-state index in [1.54, 1.807) is 12.0 Å². The first-order valence-electron chi connectivity index (χ1n) is 6.19. The molecule has 1 aliphatic rings. The lowest BCUT2D eigenvalue weighted by Crippen LogP contribution is -2.29. The Morgan fingerprint density at radius 1 is 1.53 bits per heavy atom. The van der Waals surface area contributed by atoms with Crippen LogP contribution in [-0.4, -0.2) is 35.5 Å². The van der Waals surface area contributed by atoms with Crippen LogP contribution in [0.1, 0.15) is 24.9 Å². The summed E-state index contributed by atoms with van der Waals surface area (Å²) in [5.41, 5.74) is 0.943. The van der Waals surface area contributed by atoms with E-state index in [0.717, 1.165) is 11.3 Å². The molecule has 0 bridgehead atoms. The van der Waals surface area contributed by atoms with Gasteiger partial charge < -0.3 is 14.7 Å². The molecule has 1 aromatic rings. The predicted molar refractivity (Wildman–Crippen MR) is 68.9 cm³/mol. The molecule has 1 aromatic carbocycles. The quantitative estimate of drug-likeness (QED) is 0.897. The minimum atomic E-state index is -0.909. The van der Waals surface area contributed by atoms with E-state index in [0.29, 0.717) is 0 Å². The Morgan fingerprint density at radius 3 is 2.84 bits per heavy atom. The van der Waals surface area contributed by atoms with Crippen LogP contribution in [0.5, 0.6) is 5.75 Å². The largest absolute Gasteiger partial charge is 0.497 e. The van der Waals surface area contributed by atoms with Crippen molar-refractivity contribution in [2.45, 2.75) is 19.4 Å². The van der Waals surface area contributed by atoms with Crippen molar-refractivity contribution in [2.75, 3.05) is 13.7 Å². The summed E-state index contributed by atoms with van der Waals surface area (Å²) in [5.74, 6) is -0.886. The van der Waals surface area contributed by atoms with Crippen molar-refractivity contribution >= 4 is 11.9 Å². The normalized spacial score (nSPS) is 20.4. The number of rotatable bonds is 4. The predicted octanol–water partition coefficient (Wildman–Crippen LogP) is 1.69. The fraction of sp³-hybridized carbons (Fsp3) is 0.429. The number of likely N-dealkylation sites (tertiary alicyclic amines) is 1. The highest BCUT2D eigenvalue weighted by molar-refractivity contribution is 5.86. The summed E-state index contributed by atoms with van der Waals surface area (Å²) in [6.45, 7) is 2.17. The Morgan fingerprint density at radius 2 is 2.26 bits per heavy atom. The van der Waals surface area contributed by atoms with E-state index in [9.17, 15) is 9.59 Å². The first-order valence-corrected chi connectivity index (χ1v) is 6.19. The number of carboxylic acid groups (broad SMARTS) is 1. The molecule has 2 rings (SSSR count). The number of hydrogen-bond acceptors (Lipinski definition) is 3. The Hall–Kier alpha value is -2.04. The zero-order valence-corrected chi connectivity index (χ0v) is 11.0. The van der Waals surface area contributed by atoms with Gasteiger partial charge in [0.05, 0.1) is 19.1 Å². The van der Waals surface area contributed by atoms with Crippen LogP contribution in [0.3, 0.4) is 0 Å². The van der Waals surface area contributed by atoms with Crippen molar-refractivity contribution in [3.63, 3.8) is 0 Å². The number of carboxylic acids is 1. The van der Waals surface area contributed by atoms with Crippen LogP contribution in [-0.2, 0) is 9.59 Å². The molecule has 2 unspecified atom stereocenters. The molecular formula is C14H17NO4. The zero-order chi connectivity index (χ0) is 14.0. The Kier molecular flexibility index (Phi) is 3.74. The number of amides is 1. The molecule has 1 fully saturated rings. The number of carbonyl (C=O) groups excluding carboxylic acids is 1. The van der Waals surface area contributed by atoms with Crippen molar-refractivity contribution in [2.24, 2.45) is 5.92 Å². The molecule has 5 nitrogen and oxygen atoms in total. The second-order valence-corrected chi connectivity index (χ2v) is 4.74. The molecule has 0 radical (unpaired) electrons. The summed E-state index contributed by atoms with van der Waals surface area (Å²) in [4.78, 5) is 24.5. The summed E-state index contributed by atoms with van der Waals surface area (Å²) in [5, 5.41) is 8.98. The van der Waals surface area contributed by atoms with E-state index in [1.165, 1.54) is 0 Å². The summed E-state index contributed by atoms with van der Waals surface area (Å²) >= 11 is 0. The molecule has 2 atom stereocenters. The lowest BCUT2D eigenvalue weighted by molar-refractivity contribution is -0.141. The third-order valence-electron chi connectivity index (χ3n) is 3.55. The molecule has 102 valence electrons. The van der Waals surface area contributed by atoms with E-state index in [2.05, 4.69) is 0 Å². The Labute approximate surface area is 111 Å². The molecule has 0 aromatic heterocycles. The van der Waals surface area contributed by atoms with Crippen molar-refractivity contribution in [1.29, 1.82) is 0 Å². The Bertz CT molecular complexity index is 500. The average molecular weight is 263 g/mol. The highest BCUT2D eigenvalue weighted by Gasteiger charge is 2.36. The number of ether oxygens (including phenoxy) is 1. The molecule has 1 amide bonds. The van der Waals surface area contributed by atoms with E-state index in [1.807, 2.05) is 31.2 Å². The first kappa shape index (κ1) is 13.4. The van der Waals surface area contributed by atoms with Crippen molar-refractivity contribution < 1.29 is 19.4 Å². The van der Waals surface area contributed by atoms with Gasteiger partial charge >= 0.3 is 5.97 Å². The number of nitrogens with zero attached hydrogens (tertiary/aromatic N) is 1. The molecule has 19 heavy (non-hydrogen) atoms. The summed E-state index contributed by atoms with van der Waals surface area (Å²) in [6.07, 6.45) is 0.0869. The average Bonchev–Trinajstić information content (AvgIpc) is 2.80. The summed E-state index contributed by atoms with van der Waals surface area (Å²) in [6, 6.07) is 7.33. The third kappa shape index (κ3) is 2.70. The van der Waals surface area contributed by atoms with Gasteiger partial charge in [-0.05, 0) is 24.6 Å². The van der Waals surface area contributed by atoms with Gasteiger partial charge in [0, 0.05) is 13.0 Å². The summed E-state index contributed by atoms with van der Waals surface area (Å²) in [7, 11) is 1.59. The van der Waals surface area contributed by atoms with Gasteiger partial charge in [-0.2, -0.15) is 0 Å². The van der Waals surface area contributed by atoms with Crippen LogP contribution in [0.25, 0.3) is 0 Å². The van der Waals surface area contributed by atoms with Gasteiger partial charge in [0.15, 0.2) is 0 Å². The number of benzene rings is 1. The van der Waals surface area contributed by atoms with Crippen LogP contribution in [0, 0.1) is 5.92 Å². The number of hydrogen-bond donors (Lipinski definition) is 1. The highest BCUT2D eigenvalue weighted by Crippen LogP contribution is 2.30. The van der Waals surface area contributed by atoms with Crippen molar-refractivity contribution in [1.82, 2.24) is 4.90 Å². The van der Waals surface area contributed by atoms with Gasteiger partial charge in [-0.3, -0.25) is 9.59 Å². The molecule has 0 spiro atoms. The fourth-order valence-corrected chi connectivity index (χ4v) is 2.35. The number of carbonyl (C=O) groups is 2. The zero-order valence-electron chi connectivity index (χ0n) is 11.0. The van der Waals surface area contributed by atoms with Crippen molar-refractivity contribution in [3.05, 3.63) is 29.8 Å². The van der Waals surface area contributed by atoms with Gasteiger partial charge in [0.1, 0.15) is 5.75 Å². The summed E-state index contributed by atoms with van der Waals surface area (Å²) < 4.78 is 5.16. The maximum Gasteiger partial charge on any atom is 0.308 e. The molecule has 0 aliphatic carbocycles. The first-order chi connectivity index (χ1) is 9.02. The van der Waals surface area contributed by atoms with Crippen molar-refractivity contribution in [3.8, 4) is 5.75 Å². The Balaban J connectivity index is 2.17. The molecule has 1 aliphatic heterocycles. The number of methoxy groups -OCH3 is 1. The lowest BCUT2D eigenvalue weighted by Gasteiger charge is -2.25. The molecule has 0 saturated carbocycles. The highest BCUT2D eigenvalue weighted by atomic mass is 16.5. The van der Waals surface area contributed by atoms with E-state index >= 15 is 0 Å². The maximum absolute atomic E-state index is 11.9. The second-order valence-electron chi connectivity index (χ2n) is 4.74. The molecular weight excluding hydrogens is 246 g/mol. The van der Waals surface area contributed by atoms with Gasteiger partial charge in [-0.1, -0.05) is 12.1 Å². The van der Waals surface area contributed by atoms with Gasteiger partial charge in [0.25, 0.3) is 0 Å². The number of aliphatic carboxylic acids is 1.